The second-order valence-electron chi connectivity index (χ2n) is 10.8. The highest BCUT2D eigenvalue weighted by atomic mass is 16.4. The molecule has 7 heteroatoms. The maximum Gasteiger partial charge on any atom is 0.228 e. The molecule has 2 rings (SSSR count). The highest BCUT2D eigenvalue weighted by molar-refractivity contribution is 5.81. The minimum absolute atomic E-state index is 0.242. The van der Waals surface area contributed by atoms with E-state index in [1.165, 1.54) is 19.3 Å². The van der Waals surface area contributed by atoms with Crippen LogP contribution in [0.2, 0.25) is 0 Å². The first kappa shape index (κ1) is 26.5. The summed E-state index contributed by atoms with van der Waals surface area (Å²) in [5, 5.41) is 39.4. The molecule has 31 heavy (non-hydrogen) atoms. The molecule has 4 N–H and O–H groups in total. The van der Waals surface area contributed by atoms with Crippen molar-refractivity contribution >= 4 is 5.91 Å². The molecule has 0 bridgehead atoms. The van der Waals surface area contributed by atoms with Gasteiger partial charge in [-0.1, -0.05) is 53.4 Å². The molecule has 0 aromatic carbocycles. The van der Waals surface area contributed by atoms with Crippen LogP contribution >= 0.6 is 0 Å². The van der Waals surface area contributed by atoms with E-state index in [2.05, 4.69) is 11.8 Å². The van der Waals surface area contributed by atoms with Gasteiger partial charge in [-0.2, -0.15) is 0 Å². The molecule has 0 aromatic rings. The molecule has 0 aromatic heterocycles. The average Bonchev–Trinajstić information content (AvgIpc) is 2.71. The Labute approximate surface area is 188 Å². The minimum Gasteiger partial charge on any atom is -0.395 e. The van der Waals surface area contributed by atoms with E-state index < -0.39 is 24.4 Å². The number of hydrogen-bond donors (Lipinski definition) is 4. The lowest BCUT2D eigenvalue weighted by molar-refractivity contribution is -0.145. The van der Waals surface area contributed by atoms with Gasteiger partial charge in [0.25, 0.3) is 0 Å². The number of aliphatic hydroxyl groups excluding tert-OH is 4. The summed E-state index contributed by atoms with van der Waals surface area (Å²) in [4.78, 5) is 17.2. The average molecular weight is 443 g/mol. The van der Waals surface area contributed by atoms with Crippen molar-refractivity contribution in [2.45, 2.75) is 109 Å². The molecule has 1 aliphatic heterocycles. The Morgan fingerprint density at radius 2 is 1.65 bits per heavy atom. The van der Waals surface area contributed by atoms with Crippen molar-refractivity contribution in [3.63, 3.8) is 0 Å². The van der Waals surface area contributed by atoms with Gasteiger partial charge in [0.1, 0.15) is 12.2 Å². The summed E-state index contributed by atoms with van der Waals surface area (Å²) in [6.07, 6.45) is 5.30. The standard InChI is InChI=1S/C24H46N2O5/c1-17-11-7-8-12-18(17)26(23(31)24(2,3)4)14-10-6-5-9-13-25-15-20(28)22(30)21(29)19(25)16-27/h17-22,27-30H,5-16H2,1-4H3/t17-,18?,19-,20+,21-,22-/m1/s1. The third-order valence-electron chi connectivity index (χ3n) is 7.18. The Morgan fingerprint density at radius 3 is 2.26 bits per heavy atom. The minimum atomic E-state index is -1.21. The van der Waals surface area contributed by atoms with Crippen LogP contribution in [0.1, 0.15) is 79.1 Å². The summed E-state index contributed by atoms with van der Waals surface area (Å²) in [5.74, 6) is 0.814. The lowest BCUT2D eigenvalue weighted by Crippen LogP contribution is -2.62. The number of β-amino-alcohol motifs (C(OH)–C–C–N with tert-alkyl or cyclic N) is 1. The maximum absolute atomic E-state index is 13.1. The number of piperidine rings is 1. The Bertz CT molecular complexity index is 553. The molecule has 1 saturated heterocycles. The molecule has 1 saturated carbocycles. The molecule has 7 nitrogen and oxygen atoms in total. The molecule has 182 valence electrons. The predicted octanol–water partition coefficient (Wildman–Crippen LogP) is 1.76. The molecule has 1 heterocycles. The van der Waals surface area contributed by atoms with Crippen LogP contribution in [-0.4, -0.2) is 92.8 Å². The number of likely N-dealkylation sites (tertiary alicyclic amines) is 1. The van der Waals surface area contributed by atoms with Gasteiger partial charge in [-0.25, -0.2) is 0 Å². The number of hydrogen-bond acceptors (Lipinski definition) is 6. The molecule has 1 aliphatic carbocycles. The Morgan fingerprint density at radius 1 is 1.00 bits per heavy atom. The van der Waals surface area contributed by atoms with E-state index in [4.69, 9.17) is 0 Å². The summed E-state index contributed by atoms with van der Waals surface area (Å²) < 4.78 is 0. The maximum atomic E-state index is 13.1. The van der Waals surface area contributed by atoms with Crippen LogP contribution in [0, 0.1) is 11.3 Å². The van der Waals surface area contributed by atoms with Crippen LogP contribution in [0.5, 0.6) is 0 Å². The van der Waals surface area contributed by atoms with Gasteiger partial charge >= 0.3 is 0 Å². The number of amides is 1. The molecule has 2 aliphatic rings. The van der Waals surface area contributed by atoms with Gasteiger partial charge < -0.3 is 25.3 Å². The van der Waals surface area contributed by atoms with Crippen molar-refractivity contribution in [2.75, 3.05) is 26.2 Å². The first-order valence-electron chi connectivity index (χ1n) is 12.3. The van der Waals surface area contributed by atoms with Gasteiger partial charge in [-0.05, 0) is 38.1 Å². The molecule has 1 unspecified atom stereocenters. The van der Waals surface area contributed by atoms with Crippen LogP contribution < -0.4 is 0 Å². The highest BCUT2D eigenvalue weighted by Crippen LogP contribution is 2.31. The second kappa shape index (κ2) is 11.9. The molecular formula is C24H46N2O5. The molecule has 6 atom stereocenters. The zero-order valence-electron chi connectivity index (χ0n) is 20.0. The second-order valence-corrected chi connectivity index (χ2v) is 10.8. The van der Waals surface area contributed by atoms with E-state index in [1.54, 1.807) is 0 Å². The van der Waals surface area contributed by atoms with E-state index in [0.717, 1.165) is 38.6 Å². The highest BCUT2D eigenvalue weighted by Gasteiger charge is 2.40. The van der Waals surface area contributed by atoms with Gasteiger partial charge in [0.15, 0.2) is 0 Å². The van der Waals surface area contributed by atoms with E-state index in [9.17, 15) is 25.2 Å². The SMILES string of the molecule is C[C@@H]1CCCCC1N(CCCCCCN1C[C@H](O)[C@@H](O)[C@H](O)[C@H]1CO)C(=O)C(C)(C)C. The van der Waals surface area contributed by atoms with Gasteiger partial charge in [-0.3, -0.25) is 9.69 Å². The van der Waals surface area contributed by atoms with Crippen molar-refractivity contribution in [3.8, 4) is 0 Å². The number of carbonyl (C=O) groups excluding carboxylic acids is 1. The van der Waals surface area contributed by atoms with E-state index in [-0.39, 0.29) is 24.5 Å². The molecule has 2 fully saturated rings. The smallest absolute Gasteiger partial charge is 0.228 e. The fourth-order valence-corrected chi connectivity index (χ4v) is 5.19. The first-order valence-corrected chi connectivity index (χ1v) is 12.3. The fourth-order valence-electron chi connectivity index (χ4n) is 5.19. The number of unbranched alkanes of at least 4 members (excludes halogenated alkanes) is 3. The predicted molar refractivity (Wildman–Crippen MR) is 122 cm³/mol. The van der Waals surface area contributed by atoms with E-state index in [1.807, 2.05) is 25.7 Å². The van der Waals surface area contributed by atoms with Crippen molar-refractivity contribution in [1.82, 2.24) is 9.80 Å². The molecule has 0 spiro atoms. The molecule has 0 radical (unpaired) electrons. The number of nitrogens with zero attached hydrogens (tertiary/aromatic N) is 2. The summed E-state index contributed by atoms with van der Waals surface area (Å²) in [6.45, 7) is 9.78. The third-order valence-corrected chi connectivity index (χ3v) is 7.18. The normalized spacial score (nSPS) is 32.8. The summed E-state index contributed by atoms with van der Waals surface area (Å²) in [7, 11) is 0. The van der Waals surface area contributed by atoms with Crippen molar-refractivity contribution in [2.24, 2.45) is 11.3 Å². The number of aliphatic hydroxyl groups is 4. The number of rotatable bonds is 9. The Kier molecular flexibility index (Phi) is 10.2. The first-order chi connectivity index (χ1) is 14.6. The Hall–Kier alpha value is -0.730. The van der Waals surface area contributed by atoms with Crippen LogP contribution in [-0.2, 0) is 4.79 Å². The number of carbonyl (C=O) groups is 1. The van der Waals surface area contributed by atoms with Crippen molar-refractivity contribution < 1.29 is 25.2 Å². The third kappa shape index (κ3) is 7.13. The monoisotopic (exact) mass is 442 g/mol. The van der Waals surface area contributed by atoms with Crippen molar-refractivity contribution in [1.29, 1.82) is 0 Å². The zero-order chi connectivity index (χ0) is 23.2. The summed E-state index contributed by atoms with van der Waals surface area (Å²) in [6, 6.07) is -0.181. The lowest BCUT2D eigenvalue weighted by Gasteiger charge is -2.43. The molecule has 1 amide bonds. The topological polar surface area (TPSA) is 104 Å². The van der Waals surface area contributed by atoms with Crippen LogP contribution in [0.15, 0.2) is 0 Å². The van der Waals surface area contributed by atoms with Crippen molar-refractivity contribution in [3.05, 3.63) is 0 Å². The van der Waals surface area contributed by atoms with E-state index >= 15 is 0 Å². The van der Waals surface area contributed by atoms with Gasteiger partial charge in [0.2, 0.25) is 5.91 Å². The Balaban J connectivity index is 1.80. The molecular weight excluding hydrogens is 396 g/mol. The zero-order valence-corrected chi connectivity index (χ0v) is 20.0. The fraction of sp³-hybridized carbons (Fsp3) is 0.958. The van der Waals surface area contributed by atoms with Gasteiger partial charge in [0, 0.05) is 24.5 Å². The summed E-state index contributed by atoms with van der Waals surface area (Å²) in [5.41, 5.74) is -0.364. The van der Waals surface area contributed by atoms with Crippen LogP contribution in [0.25, 0.3) is 0 Å². The summed E-state index contributed by atoms with van der Waals surface area (Å²) >= 11 is 0. The van der Waals surface area contributed by atoms with E-state index in [0.29, 0.717) is 18.5 Å². The van der Waals surface area contributed by atoms with Gasteiger partial charge in [0.05, 0.1) is 18.8 Å². The van der Waals surface area contributed by atoms with Gasteiger partial charge in [-0.15, -0.1) is 0 Å². The van der Waals surface area contributed by atoms with Crippen LogP contribution in [0.4, 0.5) is 0 Å². The van der Waals surface area contributed by atoms with Crippen LogP contribution in [0.3, 0.4) is 0 Å². The lowest BCUT2D eigenvalue weighted by atomic mass is 9.83. The largest absolute Gasteiger partial charge is 0.395 e. The quantitative estimate of drug-likeness (QED) is 0.406.